The second-order valence-corrected chi connectivity index (χ2v) is 6.49. The zero-order valence-corrected chi connectivity index (χ0v) is 15.1. The molecule has 3 nitrogen and oxygen atoms in total. The molecule has 0 aromatic carbocycles. The van der Waals surface area contributed by atoms with E-state index in [2.05, 4.69) is 46.7 Å². The Morgan fingerprint density at radius 1 is 1.53 bits per heavy atom. The molecule has 2 rings (SSSR count). The van der Waals surface area contributed by atoms with Gasteiger partial charge in [0.05, 0.1) is 0 Å². The lowest BCUT2D eigenvalue weighted by Crippen LogP contribution is -2.41. The van der Waals surface area contributed by atoms with Gasteiger partial charge in [0.15, 0.2) is 5.96 Å². The molecule has 1 saturated carbocycles. The maximum atomic E-state index is 4.35. The number of hydrogen-bond donors (Lipinski definition) is 1. The van der Waals surface area contributed by atoms with Gasteiger partial charge in [-0.25, -0.2) is 0 Å². The lowest BCUT2D eigenvalue weighted by Gasteiger charge is -2.23. The van der Waals surface area contributed by atoms with Crippen LogP contribution in [-0.2, 0) is 6.42 Å². The fourth-order valence-electron chi connectivity index (χ4n) is 1.91. The minimum absolute atomic E-state index is 0. The van der Waals surface area contributed by atoms with Crippen molar-refractivity contribution in [3.8, 4) is 0 Å². The third-order valence-corrected chi connectivity index (χ3v) is 4.56. The van der Waals surface area contributed by atoms with Crippen molar-refractivity contribution >= 4 is 41.3 Å². The van der Waals surface area contributed by atoms with Gasteiger partial charge in [0.25, 0.3) is 0 Å². The number of rotatable bonds is 5. The second kappa shape index (κ2) is 7.47. The van der Waals surface area contributed by atoms with E-state index >= 15 is 0 Å². The van der Waals surface area contributed by atoms with Crippen LogP contribution in [0.5, 0.6) is 0 Å². The van der Waals surface area contributed by atoms with Crippen LogP contribution in [0.1, 0.15) is 24.6 Å². The van der Waals surface area contributed by atoms with Crippen LogP contribution >= 0.6 is 35.3 Å². The van der Waals surface area contributed by atoms with Crippen molar-refractivity contribution < 1.29 is 0 Å². The van der Waals surface area contributed by atoms with Gasteiger partial charge in [-0.3, -0.25) is 4.99 Å². The summed E-state index contributed by atoms with van der Waals surface area (Å²) in [4.78, 5) is 8.00. The molecule has 108 valence electrons. The summed E-state index contributed by atoms with van der Waals surface area (Å²) < 4.78 is 0. The van der Waals surface area contributed by atoms with Crippen molar-refractivity contribution in [2.45, 2.75) is 26.2 Å². The minimum Gasteiger partial charge on any atom is -0.356 e. The summed E-state index contributed by atoms with van der Waals surface area (Å²) in [6.07, 6.45) is 3.78. The first kappa shape index (κ1) is 16.8. The van der Waals surface area contributed by atoms with Gasteiger partial charge in [0.1, 0.15) is 0 Å². The van der Waals surface area contributed by atoms with Crippen molar-refractivity contribution in [2.75, 3.05) is 27.2 Å². The molecule has 5 heteroatoms. The summed E-state index contributed by atoms with van der Waals surface area (Å²) in [5, 5.41) is 5.62. The zero-order valence-electron chi connectivity index (χ0n) is 12.0. The molecule has 1 aliphatic rings. The molecular formula is C14H24IN3S. The lowest BCUT2D eigenvalue weighted by atomic mass is 10.1. The van der Waals surface area contributed by atoms with Gasteiger partial charge in [-0.05, 0) is 36.1 Å². The van der Waals surface area contributed by atoms with E-state index < -0.39 is 0 Å². The van der Waals surface area contributed by atoms with Gasteiger partial charge < -0.3 is 10.2 Å². The van der Waals surface area contributed by atoms with Crippen LogP contribution < -0.4 is 5.32 Å². The fraction of sp³-hybridized carbons (Fsp3) is 0.643. The molecule has 0 saturated heterocycles. The fourth-order valence-corrected chi connectivity index (χ4v) is 2.60. The molecule has 1 aliphatic carbocycles. The van der Waals surface area contributed by atoms with Gasteiger partial charge in [0, 0.05) is 32.1 Å². The van der Waals surface area contributed by atoms with E-state index in [1.165, 1.54) is 17.7 Å². The quantitative estimate of drug-likeness (QED) is 0.473. The van der Waals surface area contributed by atoms with Crippen molar-refractivity contribution in [3.05, 3.63) is 22.4 Å². The van der Waals surface area contributed by atoms with Crippen LogP contribution in [0.3, 0.4) is 0 Å². The normalized spacial score (nSPS) is 16.7. The van der Waals surface area contributed by atoms with E-state index in [1.54, 1.807) is 0 Å². The highest BCUT2D eigenvalue weighted by molar-refractivity contribution is 14.0. The summed E-state index contributed by atoms with van der Waals surface area (Å²) in [5.74, 6) is 1.01. The monoisotopic (exact) mass is 393 g/mol. The van der Waals surface area contributed by atoms with E-state index in [-0.39, 0.29) is 24.0 Å². The first-order valence-corrected chi connectivity index (χ1v) is 7.45. The smallest absolute Gasteiger partial charge is 0.193 e. The predicted molar refractivity (Wildman–Crippen MR) is 94.8 cm³/mol. The summed E-state index contributed by atoms with van der Waals surface area (Å²) in [7, 11) is 3.97. The molecule has 1 N–H and O–H groups in total. The van der Waals surface area contributed by atoms with Gasteiger partial charge in [-0.15, -0.1) is 35.3 Å². The Hall–Kier alpha value is -0.300. The van der Waals surface area contributed by atoms with Gasteiger partial charge in [-0.1, -0.05) is 13.0 Å². The summed E-state index contributed by atoms with van der Waals surface area (Å²) in [5.41, 5.74) is 0.518. The van der Waals surface area contributed by atoms with Crippen molar-refractivity contribution in [1.82, 2.24) is 10.2 Å². The molecule has 0 bridgehead atoms. The molecule has 1 fully saturated rings. The number of hydrogen-bond acceptors (Lipinski definition) is 2. The highest BCUT2D eigenvalue weighted by Gasteiger charge is 2.37. The predicted octanol–water partition coefficient (Wildman–Crippen LogP) is 3.22. The summed E-state index contributed by atoms with van der Waals surface area (Å²) in [6, 6.07) is 4.31. The van der Waals surface area contributed by atoms with Crippen LogP contribution in [0.25, 0.3) is 0 Å². The van der Waals surface area contributed by atoms with E-state index in [4.69, 9.17) is 0 Å². The maximum absolute atomic E-state index is 4.35. The zero-order chi connectivity index (χ0) is 13.0. The van der Waals surface area contributed by atoms with E-state index in [0.717, 1.165) is 25.5 Å². The first-order chi connectivity index (χ1) is 8.63. The van der Waals surface area contributed by atoms with Gasteiger partial charge in [0.2, 0.25) is 0 Å². The van der Waals surface area contributed by atoms with Crippen LogP contribution in [-0.4, -0.2) is 38.0 Å². The van der Waals surface area contributed by atoms with Crippen LogP contribution in [0.15, 0.2) is 22.5 Å². The van der Waals surface area contributed by atoms with Gasteiger partial charge >= 0.3 is 0 Å². The van der Waals surface area contributed by atoms with Crippen LogP contribution in [0.4, 0.5) is 0 Å². The number of thiophene rings is 1. The highest BCUT2D eigenvalue weighted by atomic mass is 127. The SMILES string of the molecule is CN=C(NCC1(C)CC1)N(C)CCc1cccs1.I. The molecule has 0 radical (unpaired) electrons. The summed E-state index contributed by atoms with van der Waals surface area (Å²) in [6.45, 7) is 4.39. The lowest BCUT2D eigenvalue weighted by molar-refractivity contribution is 0.466. The molecule has 0 aliphatic heterocycles. The first-order valence-electron chi connectivity index (χ1n) is 6.57. The Balaban J connectivity index is 0.00000180. The minimum atomic E-state index is 0. The number of nitrogens with zero attached hydrogens (tertiary/aromatic N) is 2. The van der Waals surface area contributed by atoms with E-state index in [1.807, 2.05) is 18.4 Å². The maximum Gasteiger partial charge on any atom is 0.193 e. The second-order valence-electron chi connectivity index (χ2n) is 5.46. The molecule has 0 amide bonds. The van der Waals surface area contributed by atoms with Crippen molar-refractivity contribution in [2.24, 2.45) is 10.4 Å². The Morgan fingerprint density at radius 3 is 2.79 bits per heavy atom. The molecular weight excluding hydrogens is 369 g/mol. The average molecular weight is 393 g/mol. The Labute approximate surface area is 137 Å². The third kappa shape index (κ3) is 5.30. The Morgan fingerprint density at radius 2 is 2.26 bits per heavy atom. The molecule has 1 aromatic rings. The standard InChI is InChI=1S/C14H23N3S.HI/c1-14(7-8-14)11-16-13(15-2)17(3)9-6-12-5-4-10-18-12;/h4-5,10H,6-9,11H2,1-3H3,(H,15,16);1H. The largest absolute Gasteiger partial charge is 0.356 e. The molecule has 1 heterocycles. The van der Waals surface area contributed by atoms with Crippen LogP contribution in [0, 0.1) is 5.41 Å². The highest BCUT2D eigenvalue weighted by Crippen LogP contribution is 2.44. The Bertz CT molecular complexity index is 399. The molecule has 0 unspecified atom stereocenters. The number of halogens is 1. The number of likely N-dealkylation sites (N-methyl/N-ethyl adjacent to an activating group) is 1. The van der Waals surface area contributed by atoms with Gasteiger partial charge in [-0.2, -0.15) is 0 Å². The molecule has 1 aromatic heterocycles. The number of guanidine groups is 1. The van der Waals surface area contributed by atoms with E-state index in [9.17, 15) is 0 Å². The molecule has 0 atom stereocenters. The van der Waals surface area contributed by atoms with Crippen LogP contribution in [0.2, 0.25) is 0 Å². The molecule has 0 spiro atoms. The third-order valence-electron chi connectivity index (χ3n) is 3.62. The molecule has 19 heavy (non-hydrogen) atoms. The van der Waals surface area contributed by atoms with Crippen molar-refractivity contribution in [1.29, 1.82) is 0 Å². The Kier molecular flexibility index (Phi) is 6.59. The number of nitrogens with one attached hydrogen (secondary N) is 1. The number of aliphatic imine (C=N–C) groups is 1. The topological polar surface area (TPSA) is 27.6 Å². The van der Waals surface area contributed by atoms with E-state index in [0.29, 0.717) is 5.41 Å². The summed E-state index contributed by atoms with van der Waals surface area (Å²) >= 11 is 1.82. The average Bonchev–Trinajstić information content (AvgIpc) is 2.90. The van der Waals surface area contributed by atoms with Crippen molar-refractivity contribution in [3.63, 3.8) is 0 Å².